The highest BCUT2D eigenvalue weighted by Gasteiger charge is 2.40. The maximum absolute atomic E-state index is 14.5. The minimum absolute atomic E-state index is 0.0560. The molecule has 0 heterocycles. The Morgan fingerprint density at radius 3 is 1.21 bits per heavy atom. The van der Waals surface area contributed by atoms with Gasteiger partial charge in [-0.3, -0.25) is 97.1 Å². The number of carboxylic acid groups (broad SMARTS) is 2. The Hall–Kier alpha value is -12.7. The third-order valence-electron chi connectivity index (χ3n) is 18.6. The van der Waals surface area contributed by atoms with Gasteiger partial charge in [0.05, 0.1) is 38.3 Å². The molecule has 1 aromatic rings. The van der Waals surface area contributed by atoms with E-state index in [0.29, 0.717) is 5.56 Å². The minimum atomic E-state index is -2.03. The number of hydrogen-bond donors (Lipinski definition) is 30. The number of benzene rings is 1. The van der Waals surface area contributed by atoms with Crippen LogP contribution in [0, 0.1) is 28.6 Å². The Morgan fingerprint density at radius 2 is 0.769 bits per heavy atom. The average molecular weight is 1720 g/mol. The van der Waals surface area contributed by atoms with Crippen LogP contribution >= 0.6 is 0 Å². The number of aliphatic hydroxyl groups excluding tert-OH is 3. The Kier molecular flexibility index (Phi) is 47.8. The first-order valence-electron chi connectivity index (χ1n) is 38.7. The molecular weight excluding hydrogens is 1600 g/mol. The fourth-order valence-corrected chi connectivity index (χ4v) is 11.2. The number of carbonyl (C=O) groups excluding carboxylic acids is 17. The molecule has 0 saturated heterocycles. The van der Waals surface area contributed by atoms with Gasteiger partial charge in [-0.1, -0.05) is 66.5 Å². The zero-order chi connectivity index (χ0) is 92.2. The van der Waals surface area contributed by atoms with Crippen LogP contribution in [0.5, 0.6) is 5.75 Å². The van der Waals surface area contributed by atoms with E-state index in [1.807, 2.05) is 0 Å². The van der Waals surface area contributed by atoms with E-state index in [1.165, 1.54) is 45.0 Å². The van der Waals surface area contributed by atoms with E-state index < -0.39 is 297 Å². The summed E-state index contributed by atoms with van der Waals surface area (Å²) in [5.41, 5.74) is 33.2. The molecule has 0 fully saturated rings. The highest BCUT2D eigenvalue weighted by Crippen LogP contribution is 2.16. The van der Waals surface area contributed by atoms with E-state index in [-0.39, 0.29) is 63.8 Å². The summed E-state index contributed by atoms with van der Waals surface area (Å²) in [6.45, 7) is 8.19. The molecule has 49 heteroatoms. The topological polar surface area (TPSA) is 842 Å². The van der Waals surface area contributed by atoms with Gasteiger partial charge in [0.1, 0.15) is 84.3 Å². The normalized spacial score (nSPS) is 15.2. The lowest BCUT2D eigenvalue weighted by Gasteiger charge is -2.30. The summed E-state index contributed by atoms with van der Waals surface area (Å²) in [7, 11) is 0. The van der Waals surface area contributed by atoms with Gasteiger partial charge in [-0.25, -0.2) is 4.79 Å². The molecule has 1 aromatic carbocycles. The van der Waals surface area contributed by atoms with E-state index >= 15 is 0 Å². The Balaban J connectivity index is 3.51. The first-order valence-corrected chi connectivity index (χ1v) is 38.7. The quantitative estimate of drug-likeness (QED) is 0.0164. The molecule has 0 radical (unpaired) electrons. The number of nitrogens with one attached hydrogen (secondary N) is 18. The number of phenols is 1. The van der Waals surface area contributed by atoms with Crippen LogP contribution in [0.25, 0.3) is 0 Å². The van der Waals surface area contributed by atoms with Gasteiger partial charge in [0.25, 0.3) is 0 Å². The lowest BCUT2D eigenvalue weighted by Crippen LogP contribution is -2.63. The van der Waals surface area contributed by atoms with Crippen LogP contribution in [-0.4, -0.2) is 278 Å². The second kappa shape index (κ2) is 54.4. The van der Waals surface area contributed by atoms with Crippen LogP contribution in [0.3, 0.4) is 0 Å². The molecule has 0 saturated carbocycles. The fourth-order valence-electron chi connectivity index (χ4n) is 11.2. The smallest absolute Gasteiger partial charge is 0.326 e. The fraction of sp³-hybridized carbons (Fsp3) is 0.625. The molecule has 0 spiro atoms. The van der Waals surface area contributed by atoms with Gasteiger partial charge in [-0.05, 0) is 94.2 Å². The number of nitrogens with two attached hydrogens (primary N) is 6. The predicted molar refractivity (Wildman–Crippen MR) is 427 cm³/mol. The SMILES string of the molecule is CC[C@H](C)[C@H](NC(=O)[C@H](CC(N)=O)NC(=O)[C@@H](NC(=O)[C@H](CO)NC(=O)[C@@H](NC(=O)[C@@H](N)CCC(=O)O)[C@@H](C)CC)[C@@H](C)O)C(=O)N[C@@H](CCCNC(=N)N)C(=O)N[C@@H](CCC(N)=O)C(=O)N[C@@H](C)C(=O)NCC(=O)N[C@H](C(=O)N[C@@H](CCC(N)=O)C(=O)N[C@@H](Cc1ccc(O)cc1)C(=O)N[C@@H](CO)C(=O)N[C@@H](CCCNC(=N)N)C(=O)O)C(C)C. The molecule has 0 aromatic heterocycles. The van der Waals surface area contributed by atoms with Crippen molar-refractivity contribution in [1.29, 1.82) is 10.8 Å². The van der Waals surface area contributed by atoms with Crippen molar-refractivity contribution in [3.05, 3.63) is 29.8 Å². The molecule has 49 nitrogen and oxygen atoms in total. The maximum atomic E-state index is 14.5. The summed E-state index contributed by atoms with van der Waals surface area (Å²) in [6.07, 6.45) is -6.28. The van der Waals surface area contributed by atoms with Crippen molar-refractivity contribution in [2.24, 2.45) is 52.2 Å². The van der Waals surface area contributed by atoms with Gasteiger partial charge in [-0.2, -0.15) is 0 Å². The number of guanidine groups is 2. The standard InChI is InChI=1S/C72H120N24O25/c1-9-33(5)54(94-58(108)39(73)19-24-52(105)106)68(118)92-47(31-98)65(115)96-56(36(8)99)69(119)90-45(28-50(76)103)63(113)95-55(34(6)10-2)67(117)86-40(13-11-25-81-71(77)78)60(110)85-41(20-22-48(74)101)59(109)84-35(7)57(107)83-29-51(104)93-53(32(3)4)66(116)87-42(21-23-49(75)102)61(111)89-44(27-37-15-17-38(100)18-16-37)62(112)91-46(30-97)64(114)88-43(70(120)121)14-12-26-82-72(79)80/h15-18,32-36,39-47,53-56,97-100H,9-14,19-31,73H2,1-8H3,(H2,74,101)(H2,75,102)(H2,76,103)(H,83,107)(H,84,109)(H,85,110)(H,86,117)(H,87,116)(H,88,114)(H,89,111)(H,90,119)(H,91,112)(H,92,118)(H,93,104)(H,94,108)(H,95,113)(H,96,115)(H,105,106)(H,120,121)(H4,77,78,81)(H4,79,80,82)/t33-,34-,35-,36+,39-,40-,41-,42-,43-,44-,45-,46-,47-,53-,54-,55-,56-/m0/s1. The molecule has 0 bridgehead atoms. The zero-order valence-corrected chi connectivity index (χ0v) is 68.5. The number of rotatable bonds is 58. The van der Waals surface area contributed by atoms with Gasteiger partial charge < -0.3 is 150 Å². The van der Waals surface area contributed by atoms with Gasteiger partial charge in [0.15, 0.2) is 11.9 Å². The number of phenolic OH excluding ortho intramolecular Hbond substituents is 1. The van der Waals surface area contributed by atoms with Crippen LogP contribution in [0.2, 0.25) is 0 Å². The first-order chi connectivity index (χ1) is 56.6. The van der Waals surface area contributed by atoms with Crippen LogP contribution in [0.15, 0.2) is 24.3 Å². The summed E-state index contributed by atoms with van der Waals surface area (Å²) in [5.74, 6) is -25.1. The third kappa shape index (κ3) is 40.6. The van der Waals surface area contributed by atoms with Crippen LogP contribution < -0.4 is 119 Å². The van der Waals surface area contributed by atoms with Gasteiger partial charge in [0.2, 0.25) is 100 Å². The molecule has 678 valence electrons. The minimum Gasteiger partial charge on any atom is -0.508 e. The molecule has 121 heavy (non-hydrogen) atoms. The zero-order valence-electron chi connectivity index (χ0n) is 68.5. The van der Waals surface area contributed by atoms with E-state index in [2.05, 4.69) is 85.1 Å². The second-order valence-electron chi connectivity index (χ2n) is 29.0. The Bertz CT molecular complexity index is 3780. The lowest BCUT2D eigenvalue weighted by molar-refractivity contribution is -0.143. The summed E-state index contributed by atoms with van der Waals surface area (Å²) >= 11 is 0. The van der Waals surface area contributed by atoms with E-state index in [0.717, 1.165) is 13.8 Å². The molecule has 17 amide bonds. The van der Waals surface area contributed by atoms with Gasteiger partial charge in [0, 0.05) is 38.8 Å². The predicted octanol–water partition coefficient (Wildman–Crippen LogP) is -11.3. The van der Waals surface area contributed by atoms with Crippen molar-refractivity contribution in [3.63, 3.8) is 0 Å². The molecule has 0 aliphatic heterocycles. The van der Waals surface area contributed by atoms with Crippen molar-refractivity contribution < 1.29 is 122 Å². The number of amides is 17. The summed E-state index contributed by atoms with van der Waals surface area (Å²) in [5, 5.41) is 112. The Labute approximate surface area is 696 Å². The van der Waals surface area contributed by atoms with E-state index in [9.17, 15) is 117 Å². The lowest BCUT2D eigenvalue weighted by atomic mass is 9.96. The number of aliphatic carboxylic acids is 2. The van der Waals surface area contributed by atoms with Crippen molar-refractivity contribution in [1.82, 2.24) is 85.1 Å². The van der Waals surface area contributed by atoms with Crippen molar-refractivity contribution >= 4 is 124 Å². The third-order valence-corrected chi connectivity index (χ3v) is 18.6. The number of hydrogen-bond acceptors (Lipinski definition) is 26. The summed E-state index contributed by atoms with van der Waals surface area (Å²) in [6, 6.07) is -18.4. The summed E-state index contributed by atoms with van der Waals surface area (Å²) in [4.78, 5) is 254. The van der Waals surface area contributed by atoms with Crippen molar-refractivity contribution in [2.75, 3.05) is 32.8 Å². The summed E-state index contributed by atoms with van der Waals surface area (Å²) < 4.78 is 0. The average Bonchev–Trinajstić information content (AvgIpc) is 0.848. The first kappa shape index (κ1) is 106. The van der Waals surface area contributed by atoms with E-state index in [4.69, 9.17) is 50.3 Å². The van der Waals surface area contributed by atoms with E-state index in [1.54, 1.807) is 20.8 Å². The maximum Gasteiger partial charge on any atom is 0.326 e. The van der Waals surface area contributed by atoms with Gasteiger partial charge >= 0.3 is 11.9 Å². The Morgan fingerprint density at radius 1 is 0.397 bits per heavy atom. The van der Waals surface area contributed by atoms with Crippen LogP contribution in [0.4, 0.5) is 0 Å². The highest BCUT2D eigenvalue weighted by molar-refractivity contribution is 6.01. The largest absolute Gasteiger partial charge is 0.508 e. The second-order valence-corrected chi connectivity index (χ2v) is 29.0. The van der Waals surface area contributed by atoms with Crippen LogP contribution in [-0.2, 0) is 97.5 Å². The molecule has 0 unspecified atom stereocenters. The number of primary amides is 3. The van der Waals surface area contributed by atoms with Crippen molar-refractivity contribution in [2.45, 2.75) is 236 Å². The number of carbonyl (C=O) groups is 19. The number of aliphatic hydroxyl groups is 3. The monoisotopic (exact) mass is 1720 g/mol. The number of aromatic hydroxyl groups is 1. The molecule has 1 rings (SSSR count). The molecule has 36 N–H and O–H groups in total. The highest BCUT2D eigenvalue weighted by atomic mass is 16.4. The van der Waals surface area contributed by atoms with Crippen LogP contribution in [0.1, 0.15) is 144 Å². The van der Waals surface area contributed by atoms with Crippen molar-refractivity contribution in [3.8, 4) is 5.75 Å². The number of carboxylic acids is 2. The van der Waals surface area contributed by atoms with Gasteiger partial charge in [-0.15, -0.1) is 0 Å². The molecule has 0 aliphatic rings. The molecule has 0 aliphatic carbocycles. The molecular formula is C72H120N24O25. The molecule has 17 atom stereocenters.